The van der Waals surface area contributed by atoms with Gasteiger partial charge in [-0.15, -0.1) is 0 Å². The molecular formula is C25H28N6O5S. The summed E-state index contributed by atoms with van der Waals surface area (Å²) in [5.74, 6) is -0.549. The van der Waals surface area contributed by atoms with E-state index in [2.05, 4.69) is 30.3 Å². The summed E-state index contributed by atoms with van der Waals surface area (Å²) < 4.78 is 24.2. The molecule has 0 aliphatic carbocycles. The van der Waals surface area contributed by atoms with Crippen LogP contribution in [0.1, 0.15) is 29.6 Å². The smallest absolute Gasteiger partial charge is 0.327 e. The van der Waals surface area contributed by atoms with Crippen LogP contribution in [0.5, 0.6) is 0 Å². The van der Waals surface area contributed by atoms with E-state index >= 15 is 0 Å². The van der Waals surface area contributed by atoms with Gasteiger partial charge in [-0.3, -0.25) is 9.59 Å². The van der Waals surface area contributed by atoms with Crippen LogP contribution in [0.15, 0.2) is 78.0 Å². The fraction of sp³-hybridized carbons (Fsp3) is 0.280. The van der Waals surface area contributed by atoms with Gasteiger partial charge in [0.05, 0.1) is 11.3 Å². The molecule has 2 aromatic carbocycles. The number of aromatic nitrogens is 2. The third-order valence-electron chi connectivity index (χ3n) is 5.75. The average Bonchev–Trinajstić information content (AvgIpc) is 2.93. The molecule has 1 unspecified atom stereocenters. The highest BCUT2D eigenvalue weighted by atomic mass is 32.2. The van der Waals surface area contributed by atoms with Crippen molar-refractivity contribution in [2.45, 2.75) is 30.2 Å². The highest BCUT2D eigenvalue weighted by Crippen LogP contribution is 2.22. The molecule has 2 heterocycles. The van der Waals surface area contributed by atoms with Crippen molar-refractivity contribution < 1.29 is 22.8 Å². The zero-order chi connectivity index (χ0) is 26.1. The van der Waals surface area contributed by atoms with Gasteiger partial charge in [0.1, 0.15) is 0 Å². The number of carbonyl (C=O) groups is 2. The number of rotatable bonds is 10. The van der Waals surface area contributed by atoms with Crippen LogP contribution in [0.3, 0.4) is 0 Å². The molecule has 0 saturated carbocycles. The van der Waals surface area contributed by atoms with E-state index in [9.17, 15) is 18.0 Å². The lowest BCUT2D eigenvalue weighted by Crippen LogP contribution is -2.42. The highest BCUT2D eigenvalue weighted by Gasteiger charge is 2.21. The number of hydrogen-bond donors (Lipinski definition) is 3. The van der Waals surface area contributed by atoms with Crippen molar-refractivity contribution in [3.63, 3.8) is 0 Å². The third kappa shape index (κ3) is 7.48. The second-order valence-electron chi connectivity index (χ2n) is 8.43. The van der Waals surface area contributed by atoms with Crippen molar-refractivity contribution >= 4 is 33.5 Å². The van der Waals surface area contributed by atoms with Gasteiger partial charge in [0, 0.05) is 49.3 Å². The number of piperidine rings is 1. The SMILES string of the molecule is O=C(CCNC(=O)c1ccc(N2CCCC(Nc3ncccn3)C2)cc1)ONS(=O)(=O)c1ccccc1. The first-order valence-corrected chi connectivity index (χ1v) is 13.3. The lowest BCUT2D eigenvalue weighted by atomic mass is 10.0. The maximum absolute atomic E-state index is 12.5. The fourth-order valence-corrected chi connectivity index (χ4v) is 4.70. The number of carbonyl (C=O) groups excluding carboxylic acids is 2. The van der Waals surface area contributed by atoms with Crippen LogP contribution >= 0.6 is 0 Å². The van der Waals surface area contributed by atoms with Crippen LogP contribution in [0, 0.1) is 0 Å². The number of nitrogens with zero attached hydrogens (tertiary/aromatic N) is 3. The van der Waals surface area contributed by atoms with Gasteiger partial charge in [-0.1, -0.05) is 18.2 Å². The summed E-state index contributed by atoms with van der Waals surface area (Å²) in [4.78, 5) is 41.4. The van der Waals surface area contributed by atoms with Crippen LogP contribution in [-0.4, -0.2) is 55.9 Å². The Morgan fingerprint density at radius 3 is 2.46 bits per heavy atom. The second kappa shape index (κ2) is 12.3. The van der Waals surface area contributed by atoms with Gasteiger partial charge in [-0.25, -0.2) is 18.4 Å². The molecule has 1 aliphatic heterocycles. The number of sulfonamides is 1. The largest absolute Gasteiger partial charge is 0.369 e. The van der Waals surface area contributed by atoms with Crippen molar-refractivity contribution in [3.05, 3.63) is 78.6 Å². The number of hydrogen-bond acceptors (Lipinski definition) is 9. The topological polar surface area (TPSA) is 143 Å². The quantitative estimate of drug-likeness (QED) is 0.340. The Bertz CT molecular complexity index is 1290. The maximum atomic E-state index is 12.5. The summed E-state index contributed by atoms with van der Waals surface area (Å²) in [7, 11) is -3.97. The summed E-state index contributed by atoms with van der Waals surface area (Å²) in [5, 5.41) is 6.00. The van der Waals surface area contributed by atoms with Crippen molar-refractivity contribution in [2.75, 3.05) is 29.9 Å². The summed E-state index contributed by atoms with van der Waals surface area (Å²) in [5.41, 5.74) is 1.46. The molecule has 12 heteroatoms. The predicted molar refractivity (Wildman–Crippen MR) is 137 cm³/mol. The molecule has 1 saturated heterocycles. The minimum Gasteiger partial charge on any atom is -0.369 e. The molecule has 0 bridgehead atoms. The number of anilines is 2. The summed E-state index contributed by atoms with van der Waals surface area (Å²) in [6.45, 7) is 1.70. The molecule has 0 spiro atoms. The molecule has 0 radical (unpaired) electrons. The second-order valence-corrected chi connectivity index (χ2v) is 10.1. The van der Waals surface area contributed by atoms with Gasteiger partial charge in [0.15, 0.2) is 0 Å². The standard InChI is InChI=1S/C25H28N6O5S/c32-23(36-30-37(34,35)22-7-2-1-3-8-22)13-16-26-24(33)19-9-11-21(12-10-19)31-17-4-6-20(18-31)29-25-27-14-5-15-28-25/h1-3,5,7-12,14-15,20,30H,4,6,13,16-18H2,(H,26,33)(H,27,28,29). The molecule has 37 heavy (non-hydrogen) atoms. The van der Waals surface area contributed by atoms with E-state index in [1.54, 1.807) is 53.7 Å². The van der Waals surface area contributed by atoms with E-state index in [1.165, 1.54) is 12.1 Å². The van der Waals surface area contributed by atoms with Crippen molar-refractivity contribution in [3.8, 4) is 0 Å². The van der Waals surface area contributed by atoms with Crippen molar-refractivity contribution in [1.82, 2.24) is 20.2 Å². The monoisotopic (exact) mass is 524 g/mol. The fourth-order valence-electron chi connectivity index (χ4n) is 3.89. The molecule has 1 atom stereocenters. The molecule has 11 nitrogen and oxygen atoms in total. The zero-order valence-electron chi connectivity index (χ0n) is 20.0. The minimum absolute atomic E-state index is 0.00643. The minimum atomic E-state index is -3.97. The van der Waals surface area contributed by atoms with Crippen LogP contribution in [0.25, 0.3) is 0 Å². The first-order valence-electron chi connectivity index (χ1n) is 11.8. The number of benzene rings is 2. The third-order valence-corrected chi connectivity index (χ3v) is 6.94. The highest BCUT2D eigenvalue weighted by molar-refractivity contribution is 7.89. The first kappa shape index (κ1) is 26.0. The average molecular weight is 525 g/mol. The number of amides is 1. The molecule has 4 rings (SSSR count). The molecule has 1 amide bonds. The van der Waals surface area contributed by atoms with Crippen LogP contribution in [0.4, 0.5) is 11.6 Å². The Morgan fingerprint density at radius 2 is 1.73 bits per heavy atom. The summed E-state index contributed by atoms with van der Waals surface area (Å²) in [6, 6.07) is 16.8. The molecule has 1 aliphatic rings. The molecular weight excluding hydrogens is 496 g/mol. The molecule has 1 aromatic heterocycles. The van der Waals surface area contributed by atoms with Gasteiger partial charge in [-0.2, -0.15) is 0 Å². The zero-order valence-corrected chi connectivity index (χ0v) is 20.9. The van der Waals surface area contributed by atoms with Crippen LogP contribution in [-0.2, 0) is 19.7 Å². The van der Waals surface area contributed by atoms with E-state index in [0.717, 1.165) is 31.6 Å². The number of nitrogens with one attached hydrogen (secondary N) is 3. The van der Waals surface area contributed by atoms with E-state index in [4.69, 9.17) is 0 Å². The summed E-state index contributed by atoms with van der Waals surface area (Å²) in [6.07, 6.45) is 5.25. The lowest BCUT2D eigenvalue weighted by molar-refractivity contribution is -0.146. The van der Waals surface area contributed by atoms with E-state index in [-0.39, 0.29) is 29.8 Å². The van der Waals surface area contributed by atoms with Crippen LogP contribution in [0.2, 0.25) is 0 Å². The Morgan fingerprint density at radius 1 is 1.00 bits per heavy atom. The van der Waals surface area contributed by atoms with E-state index in [0.29, 0.717) is 11.5 Å². The lowest BCUT2D eigenvalue weighted by Gasteiger charge is -2.34. The van der Waals surface area contributed by atoms with E-state index < -0.39 is 16.0 Å². The maximum Gasteiger partial charge on any atom is 0.327 e. The van der Waals surface area contributed by atoms with Crippen molar-refractivity contribution in [2.24, 2.45) is 0 Å². The van der Waals surface area contributed by atoms with Gasteiger partial charge in [-0.05, 0) is 60.2 Å². The molecule has 3 N–H and O–H groups in total. The van der Waals surface area contributed by atoms with Crippen molar-refractivity contribution in [1.29, 1.82) is 0 Å². The first-order chi connectivity index (χ1) is 17.9. The van der Waals surface area contributed by atoms with Gasteiger partial charge in [0.2, 0.25) is 5.95 Å². The van der Waals surface area contributed by atoms with Crippen LogP contribution < -0.4 is 20.4 Å². The molecule has 3 aromatic rings. The normalized spacial score (nSPS) is 15.6. The van der Waals surface area contributed by atoms with Gasteiger partial charge < -0.3 is 20.4 Å². The molecule has 1 fully saturated rings. The Hall–Kier alpha value is -4.03. The van der Waals surface area contributed by atoms with Gasteiger partial charge >= 0.3 is 5.97 Å². The molecule has 194 valence electrons. The van der Waals surface area contributed by atoms with E-state index in [1.807, 2.05) is 12.1 Å². The Kier molecular flexibility index (Phi) is 8.64. The predicted octanol–water partition coefficient (Wildman–Crippen LogP) is 2.11. The Labute approximate surface area is 215 Å². The Balaban J connectivity index is 1.21. The summed E-state index contributed by atoms with van der Waals surface area (Å²) >= 11 is 0. The van der Waals surface area contributed by atoms with Gasteiger partial charge in [0.25, 0.3) is 15.9 Å².